The molecule has 340 valence electrons. The predicted molar refractivity (Wildman–Crippen MR) is 219 cm³/mol. The number of carboxylic acids is 1. The molecule has 0 saturated carbocycles. The van der Waals surface area contributed by atoms with E-state index < -0.39 is 78.1 Å². The Morgan fingerprint density at radius 2 is 1.33 bits per heavy atom. The fraction of sp³-hybridized carbons (Fsp3) is 0.744. The van der Waals surface area contributed by atoms with Gasteiger partial charge in [0.15, 0.2) is 23.3 Å². The Hall–Kier alpha value is -4.87. The minimum atomic E-state index is -1.46. The lowest BCUT2D eigenvalue weighted by Gasteiger charge is -2.28. The van der Waals surface area contributed by atoms with Gasteiger partial charge in [-0.15, -0.1) is 0 Å². The summed E-state index contributed by atoms with van der Waals surface area (Å²) in [6.45, 7) is 5.79. The van der Waals surface area contributed by atoms with Crippen LogP contribution in [0.2, 0.25) is 0 Å². The van der Waals surface area contributed by atoms with Gasteiger partial charge in [-0.2, -0.15) is 0 Å². The SMILES string of the molecule is CCC(C)C(=O)CCC(=O)N1CCCC1C(=O)CC(CCCN=C(N)N)C(=O)CCC(=O)CC(CCC(=O)[O-])C(=O)N1CC(O)CC1C(=O)CCC(=O)N1CCCC1C(C)=O. The Kier molecular flexibility index (Phi) is 20.3. The number of rotatable bonds is 27. The highest BCUT2D eigenvalue weighted by Crippen LogP contribution is 2.29. The molecule has 3 rings (SSSR count). The standard InChI is InChI=1S/C43H66N6O12/c1-4-26(2)35(53)14-16-40(58)48-21-7-10-33(48)38(56)23-28(8-5-19-46-43(44)45)36(54)13-12-30(51)22-29(11-18-41(59)60)42(61)49-25-31(52)24-34(49)37(55)15-17-39(57)47-20-6-9-32(47)27(3)50/h26,28-29,31-34,52H,4-25H2,1-3H3,(H,59,60)(H4,44,45,46)/p-1. The van der Waals surface area contributed by atoms with Crippen LogP contribution < -0.4 is 16.6 Å². The molecular weight excluding hydrogens is 793 g/mol. The van der Waals surface area contributed by atoms with Crippen LogP contribution in [0.15, 0.2) is 4.99 Å². The number of carbonyl (C=O) groups is 10. The molecule has 5 N–H and O–H groups in total. The summed E-state index contributed by atoms with van der Waals surface area (Å²) in [5.41, 5.74) is 10.9. The van der Waals surface area contributed by atoms with Gasteiger partial charge in [-0.05, 0) is 64.7 Å². The third-order valence-electron chi connectivity index (χ3n) is 12.3. The normalized spacial score (nSPS) is 21.4. The summed E-state index contributed by atoms with van der Waals surface area (Å²) in [6.07, 6.45) is -0.314. The topological polar surface area (TPSA) is 288 Å². The van der Waals surface area contributed by atoms with Gasteiger partial charge in [0.1, 0.15) is 17.3 Å². The fourth-order valence-corrected chi connectivity index (χ4v) is 8.62. The predicted octanol–water partition coefficient (Wildman–Crippen LogP) is 0.348. The van der Waals surface area contributed by atoms with Crippen LogP contribution in [0, 0.1) is 17.8 Å². The summed E-state index contributed by atoms with van der Waals surface area (Å²) in [7, 11) is 0. The number of Topliss-reactive ketones (excluding diaryl/α,β-unsaturated/α-hetero) is 6. The third-order valence-corrected chi connectivity index (χ3v) is 12.3. The monoisotopic (exact) mass is 857 g/mol. The number of ketones is 6. The van der Waals surface area contributed by atoms with E-state index in [0.29, 0.717) is 51.6 Å². The summed E-state index contributed by atoms with van der Waals surface area (Å²) >= 11 is 0. The Labute approximate surface area is 357 Å². The van der Waals surface area contributed by atoms with Crippen LogP contribution in [-0.4, -0.2) is 135 Å². The number of hydrogen-bond acceptors (Lipinski definition) is 13. The zero-order chi connectivity index (χ0) is 45.4. The van der Waals surface area contributed by atoms with Crippen LogP contribution in [-0.2, 0) is 47.9 Å². The molecule has 0 spiro atoms. The number of carboxylic acid groups (broad SMARTS) is 1. The Morgan fingerprint density at radius 1 is 0.721 bits per heavy atom. The fourth-order valence-electron chi connectivity index (χ4n) is 8.62. The summed E-state index contributed by atoms with van der Waals surface area (Å²) in [5, 5.41) is 22.0. The van der Waals surface area contributed by atoms with E-state index in [1.165, 1.54) is 16.7 Å². The Morgan fingerprint density at radius 3 is 1.93 bits per heavy atom. The molecule has 0 aromatic heterocycles. The molecule has 0 aromatic rings. The number of hydrogen-bond donors (Lipinski definition) is 3. The van der Waals surface area contributed by atoms with Gasteiger partial charge in [-0.3, -0.25) is 48.1 Å². The van der Waals surface area contributed by atoms with Crippen LogP contribution in [0.5, 0.6) is 0 Å². The van der Waals surface area contributed by atoms with Crippen molar-refractivity contribution >= 4 is 64.3 Å². The lowest BCUT2D eigenvalue weighted by molar-refractivity contribution is -0.306. The molecule has 3 aliphatic heterocycles. The van der Waals surface area contributed by atoms with Gasteiger partial charge in [0.2, 0.25) is 17.7 Å². The van der Waals surface area contributed by atoms with Crippen LogP contribution in [0.25, 0.3) is 0 Å². The van der Waals surface area contributed by atoms with E-state index in [4.69, 9.17) is 11.5 Å². The van der Waals surface area contributed by atoms with E-state index in [1.807, 2.05) is 6.92 Å². The van der Waals surface area contributed by atoms with Crippen molar-refractivity contribution in [2.24, 2.45) is 34.2 Å². The van der Waals surface area contributed by atoms with Gasteiger partial charge in [0, 0.05) is 108 Å². The van der Waals surface area contributed by atoms with Gasteiger partial charge >= 0.3 is 0 Å². The first kappa shape index (κ1) is 50.5. The minimum absolute atomic E-state index is 0.0128. The van der Waals surface area contributed by atoms with Crippen molar-refractivity contribution in [3.63, 3.8) is 0 Å². The van der Waals surface area contributed by atoms with E-state index in [2.05, 4.69) is 4.99 Å². The smallest absolute Gasteiger partial charge is 0.226 e. The number of aliphatic imine (C=N–C) groups is 1. The van der Waals surface area contributed by atoms with E-state index in [0.717, 1.165) is 4.90 Å². The molecule has 0 aliphatic carbocycles. The number of aliphatic carboxylic acids is 1. The van der Waals surface area contributed by atoms with Gasteiger partial charge in [-0.25, -0.2) is 0 Å². The number of nitrogens with zero attached hydrogens (tertiary/aromatic N) is 4. The largest absolute Gasteiger partial charge is 0.550 e. The van der Waals surface area contributed by atoms with Crippen LogP contribution in [0.4, 0.5) is 0 Å². The lowest BCUT2D eigenvalue weighted by atomic mass is 9.87. The molecule has 3 aliphatic rings. The summed E-state index contributed by atoms with van der Waals surface area (Å²) < 4.78 is 0. The van der Waals surface area contributed by atoms with E-state index in [9.17, 15) is 58.2 Å². The minimum Gasteiger partial charge on any atom is -0.550 e. The molecule has 61 heavy (non-hydrogen) atoms. The maximum atomic E-state index is 13.9. The maximum Gasteiger partial charge on any atom is 0.226 e. The molecule has 0 bridgehead atoms. The molecule has 7 atom stereocenters. The quantitative estimate of drug-likeness (QED) is 0.0571. The number of aliphatic hydroxyl groups excluding tert-OH is 1. The molecule has 7 unspecified atom stereocenters. The lowest BCUT2D eigenvalue weighted by Crippen LogP contribution is -2.45. The molecule has 18 nitrogen and oxygen atoms in total. The number of aliphatic hydroxyl groups is 1. The molecule has 3 saturated heterocycles. The highest BCUT2D eigenvalue weighted by atomic mass is 16.4. The van der Waals surface area contributed by atoms with Gasteiger partial charge in [0.25, 0.3) is 0 Å². The highest BCUT2D eigenvalue weighted by Gasteiger charge is 2.42. The third kappa shape index (κ3) is 15.5. The van der Waals surface area contributed by atoms with E-state index >= 15 is 0 Å². The zero-order valence-electron chi connectivity index (χ0n) is 36.0. The van der Waals surface area contributed by atoms with Crippen molar-refractivity contribution < 1.29 is 58.2 Å². The van der Waals surface area contributed by atoms with Crippen LogP contribution in [0.1, 0.15) is 136 Å². The number of β-amino-alcohol motifs (C(OH)–C–C–N with tert-alkyl or cyclic N) is 1. The van der Waals surface area contributed by atoms with E-state index in [1.54, 1.807) is 6.92 Å². The maximum absolute atomic E-state index is 13.9. The second-order valence-electron chi connectivity index (χ2n) is 16.9. The van der Waals surface area contributed by atoms with Gasteiger partial charge in [-0.1, -0.05) is 13.8 Å². The number of amides is 3. The average Bonchev–Trinajstić information content (AvgIpc) is 4.00. The van der Waals surface area contributed by atoms with E-state index in [-0.39, 0.29) is 118 Å². The summed E-state index contributed by atoms with van der Waals surface area (Å²) in [5.74, 6) is -7.12. The molecule has 0 radical (unpaired) electrons. The van der Waals surface area contributed by atoms with Crippen LogP contribution in [0.3, 0.4) is 0 Å². The second-order valence-corrected chi connectivity index (χ2v) is 16.9. The van der Waals surface area contributed by atoms with Crippen molar-refractivity contribution in [1.82, 2.24) is 14.7 Å². The number of nitrogens with two attached hydrogens (primary N) is 2. The van der Waals surface area contributed by atoms with Crippen LogP contribution >= 0.6 is 0 Å². The second kappa shape index (κ2) is 24.5. The number of guanidine groups is 1. The molecule has 3 fully saturated rings. The number of carbonyl (C=O) groups excluding carboxylic acids is 10. The van der Waals surface area contributed by atoms with Crippen molar-refractivity contribution in [2.45, 2.75) is 161 Å². The zero-order valence-corrected chi connectivity index (χ0v) is 36.0. The molecule has 0 aromatic carbocycles. The first-order chi connectivity index (χ1) is 28.8. The molecule has 3 amide bonds. The Bertz CT molecular complexity index is 1680. The Balaban J connectivity index is 1.66. The summed E-state index contributed by atoms with van der Waals surface area (Å²) in [6, 6.07) is -2.41. The summed E-state index contributed by atoms with van der Waals surface area (Å²) in [4.78, 5) is 138. The van der Waals surface area contributed by atoms with Crippen molar-refractivity contribution in [2.75, 3.05) is 26.2 Å². The molecule has 3 heterocycles. The average molecular weight is 858 g/mol. The molecular formula is C43H65N6O12-. The van der Waals surface area contributed by atoms with Crippen molar-refractivity contribution in [3.8, 4) is 0 Å². The first-order valence-corrected chi connectivity index (χ1v) is 21.8. The van der Waals surface area contributed by atoms with Crippen molar-refractivity contribution in [1.29, 1.82) is 0 Å². The van der Waals surface area contributed by atoms with Gasteiger partial charge in [0.05, 0.1) is 24.2 Å². The number of likely N-dealkylation sites (tertiary alicyclic amines) is 3. The molecule has 18 heteroatoms. The first-order valence-electron chi connectivity index (χ1n) is 21.8. The highest BCUT2D eigenvalue weighted by molar-refractivity contribution is 5.97. The van der Waals surface area contributed by atoms with Gasteiger partial charge < -0.3 is 41.2 Å². The van der Waals surface area contributed by atoms with Crippen molar-refractivity contribution in [3.05, 3.63) is 0 Å².